The molecule has 1 aromatic rings. The van der Waals surface area contributed by atoms with Gasteiger partial charge in [0.25, 0.3) is 0 Å². The van der Waals surface area contributed by atoms with Gasteiger partial charge in [-0.1, -0.05) is 19.1 Å². The van der Waals surface area contributed by atoms with Crippen LogP contribution >= 0.6 is 12.2 Å². The van der Waals surface area contributed by atoms with Crippen LogP contribution in [0.4, 0.5) is 5.69 Å². The predicted octanol–water partition coefficient (Wildman–Crippen LogP) is 1.75. The molecule has 3 N–H and O–H groups in total. The van der Waals surface area contributed by atoms with Crippen molar-refractivity contribution in [2.75, 3.05) is 18.7 Å². The summed E-state index contributed by atoms with van der Waals surface area (Å²) in [4.78, 5) is 0.522. The molecule has 0 spiro atoms. The maximum absolute atomic E-state index is 5.54. The fourth-order valence-corrected chi connectivity index (χ4v) is 1.46. The molecule has 1 aromatic carbocycles. The molecule has 0 saturated heterocycles. The molecule has 1 unspecified atom stereocenters. The normalized spacial score (nSPS) is 14.6. The SMILES string of the molecule is CC(CNc1ccc2c(c1)OCO2)C(N)=S. The molecule has 2 rings (SSSR count). The van der Waals surface area contributed by atoms with Gasteiger partial charge < -0.3 is 20.5 Å². The third-order valence-corrected chi connectivity index (χ3v) is 2.87. The van der Waals surface area contributed by atoms with E-state index in [1.165, 1.54) is 0 Å². The molecule has 4 nitrogen and oxygen atoms in total. The van der Waals surface area contributed by atoms with Crippen LogP contribution in [0.2, 0.25) is 0 Å². The van der Waals surface area contributed by atoms with Crippen LogP contribution in [0, 0.1) is 5.92 Å². The Labute approximate surface area is 99.7 Å². The maximum Gasteiger partial charge on any atom is 0.231 e. The molecule has 1 aliphatic heterocycles. The minimum atomic E-state index is 0.167. The molecule has 0 aromatic heterocycles. The van der Waals surface area contributed by atoms with E-state index < -0.39 is 0 Å². The van der Waals surface area contributed by atoms with Crippen LogP contribution in [0.25, 0.3) is 0 Å². The van der Waals surface area contributed by atoms with E-state index >= 15 is 0 Å². The van der Waals surface area contributed by atoms with Crippen molar-refractivity contribution in [1.29, 1.82) is 0 Å². The number of hydrogen-bond acceptors (Lipinski definition) is 4. The Bertz CT molecular complexity index is 409. The summed E-state index contributed by atoms with van der Waals surface area (Å²) >= 11 is 4.91. The Morgan fingerprint density at radius 2 is 2.25 bits per heavy atom. The molecule has 0 bridgehead atoms. The van der Waals surface area contributed by atoms with Crippen LogP contribution in [-0.4, -0.2) is 18.3 Å². The third kappa shape index (κ3) is 2.36. The summed E-state index contributed by atoms with van der Waals surface area (Å²) in [5.74, 6) is 1.72. The summed E-state index contributed by atoms with van der Waals surface area (Å²) in [6.45, 7) is 3.00. The highest BCUT2D eigenvalue weighted by atomic mass is 32.1. The third-order valence-electron chi connectivity index (χ3n) is 2.47. The van der Waals surface area contributed by atoms with Crippen LogP contribution in [0.3, 0.4) is 0 Å². The first-order chi connectivity index (χ1) is 7.66. The second-order valence-electron chi connectivity index (χ2n) is 3.75. The van der Waals surface area contributed by atoms with Gasteiger partial charge in [0.1, 0.15) is 0 Å². The van der Waals surface area contributed by atoms with Gasteiger partial charge in [0.05, 0.1) is 4.99 Å². The number of nitrogens with one attached hydrogen (secondary N) is 1. The second-order valence-corrected chi connectivity index (χ2v) is 4.22. The standard InChI is InChI=1S/C11H14N2O2S/c1-7(11(12)16)5-13-8-2-3-9-10(4-8)15-6-14-9/h2-4,7,13H,5-6H2,1H3,(H2,12,16). The molecule has 0 saturated carbocycles. The summed E-state index contributed by atoms with van der Waals surface area (Å²) in [6.07, 6.45) is 0. The van der Waals surface area contributed by atoms with Crippen LogP contribution in [0.15, 0.2) is 18.2 Å². The van der Waals surface area contributed by atoms with Crippen molar-refractivity contribution in [3.8, 4) is 11.5 Å². The monoisotopic (exact) mass is 238 g/mol. The number of benzene rings is 1. The molecule has 86 valence electrons. The first kappa shape index (κ1) is 11.0. The predicted molar refractivity (Wildman–Crippen MR) is 67.0 cm³/mol. The number of rotatable bonds is 4. The van der Waals surface area contributed by atoms with E-state index in [1.54, 1.807) is 0 Å². The summed E-state index contributed by atoms with van der Waals surface area (Å²) in [5.41, 5.74) is 6.52. The minimum absolute atomic E-state index is 0.167. The van der Waals surface area contributed by atoms with Gasteiger partial charge in [0.15, 0.2) is 11.5 Å². The minimum Gasteiger partial charge on any atom is -0.454 e. The van der Waals surface area contributed by atoms with Crippen LogP contribution in [-0.2, 0) is 0 Å². The lowest BCUT2D eigenvalue weighted by Gasteiger charge is -2.12. The van der Waals surface area contributed by atoms with Gasteiger partial charge in [0, 0.05) is 24.2 Å². The van der Waals surface area contributed by atoms with Crippen molar-refractivity contribution in [1.82, 2.24) is 0 Å². The van der Waals surface area contributed by atoms with Gasteiger partial charge in [-0.2, -0.15) is 0 Å². The van der Waals surface area contributed by atoms with Crippen molar-refractivity contribution in [2.45, 2.75) is 6.92 Å². The molecule has 1 heterocycles. The zero-order valence-corrected chi connectivity index (χ0v) is 9.84. The number of anilines is 1. The highest BCUT2D eigenvalue weighted by molar-refractivity contribution is 7.80. The molecule has 0 amide bonds. The van der Waals surface area contributed by atoms with E-state index in [0.29, 0.717) is 11.8 Å². The molecule has 5 heteroatoms. The molecule has 0 aliphatic carbocycles. The highest BCUT2D eigenvalue weighted by Crippen LogP contribution is 2.34. The summed E-state index contributed by atoms with van der Waals surface area (Å²) in [7, 11) is 0. The maximum atomic E-state index is 5.54. The fourth-order valence-electron chi connectivity index (χ4n) is 1.38. The second kappa shape index (κ2) is 4.57. The Balaban J connectivity index is 1.98. The van der Waals surface area contributed by atoms with E-state index in [-0.39, 0.29) is 5.92 Å². The molecular formula is C11H14N2O2S. The Hall–Kier alpha value is -1.49. The van der Waals surface area contributed by atoms with Crippen LogP contribution < -0.4 is 20.5 Å². The lowest BCUT2D eigenvalue weighted by atomic mass is 10.2. The Morgan fingerprint density at radius 1 is 1.50 bits per heavy atom. The van der Waals surface area contributed by atoms with E-state index in [0.717, 1.165) is 23.7 Å². The van der Waals surface area contributed by atoms with E-state index in [9.17, 15) is 0 Å². The van der Waals surface area contributed by atoms with E-state index in [4.69, 9.17) is 27.4 Å². The molecule has 0 fully saturated rings. The lowest BCUT2D eigenvalue weighted by molar-refractivity contribution is 0.174. The van der Waals surface area contributed by atoms with Gasteiger partial charge in [0.2, 0.25) is 6.79 Å². The molecule has 1 atom stereocenters. The Kier molecular flexibility index (Phi) is 3.14. The van der Waals surface area contributed by atoms with Crippen molar-refractivity contribution in [3.63, 3.8) is 0 Å². The molecule has 0 radical (unpaired) electrons. The largest absolute Gasteiger partial charge is 0.454 e. The number of nitrogens with two attached hydrogens (primary N) is 1. The molecule has 16 heavy (non-hydrogen) atoms. The first-order valence-electron chi connectivity index (χ1n) is 5.09. The average molecular weight is 238 g/mol. The number of fused-ring (bicyclic) bond motifs is 1. The lowest BCUT2D eigenvalue weighted by Crippen LogP contribution is -2.25. The number of ether oxygens (including phenoxy) is 2. The van der Waals surface area contributed by atoms with Gasteiger partial charge in [-0.3, -0.25) is 0 Å². The van der Waals surface area contributed by atoms with Crippen molar-refractivity contribution in [2.24, 2.45) is 11.7 Å². The zero-order valence-electron chi connectivity index (χ0n) is 9.03. The van der Waals surface area contributed by atoms with Crippen LogP contribution in [0.1, 0.15) is 6.92 Å². The van der Waals surface area contributed by atoms with Crippen molar-refractivity contribution < 1.29 is 9.47 Å². The highest BCUT2D eigenvalue weighted by Gasteiger charge is 2.13. The fraction of sp³-hybridized carbons (Fsp3) is 0.364. The van der Waals surface area contributed by atoms with Gasteiger partial charge in [-0.15, -0.1) is 0 Å². The first-order valence-corrected chi connectivity index (χ1v) is 5.50. The molecular weight excluding hydrogens is 224 g/mol. The number of hydrogen-bond donors (Lipinski definition) is 2. The smallest absolute Gasteiger partial charge is 0.231 e. The average Bonchev–Trinajstić information content (AvgIpc) is 2.72. The van der Waals surface area contributed by atoms with E-state index in [1.807, 2.05) is 25.1 Å². The van der Waals surface area contributed by atoms with Crippen molar-refractivity contribution in [3.05, 3.63) is 18.2 Å². The Morgan fingerprint density at radius 3 is 3.00 bits per heavy atom. The van der Waals surface area contributed by atoms with Gasteiger partial charge >= 0.3 is 0 Å². The van der Waals surface area contributed by atoms with Gasteiger partial charge in [-0.25, -0.2) is 0 Å². The van der Waals surface area contributed by atoms with Gasteiger partial charge in [-0.05, 0) is 12.1 Å². The number of thiocarbonyl (C=S) groups is 1. The summed E-state index contributed by atoms with van der Waals surface area (Å²) in [6, 6.07) is 5.74. The summed E-state index contributed by atoms with van der Waals surface area (Å²) in [5, 5.41) is 3.25. The molecule has 1 aliphatic rings. The zero-order chi connectivity index (χ0) is 11.5. The van der Waals surface area contributed by atoms with Crippen molar-refractivity contribution >= 4 is 22.9 Å². The van der Waals surface area contributed by atoms with Crippen LogP contribution in [0.5, 0.6) is 11.5 Å². The topological polar surface area (TPSA) is 56.5 Å². The quantitative estimate of drug-likeness (QED) is 0.783. The van der Waals surface area contributed by atoms with E-state index in [2.05, 4.69) is 5.32 Å². The summed E-state index contributed by atoms with van der Waals surface area (Å²) < 4.78 is 10.5.